The van der Waals surface area contributed by atoms with Crippen LogP contribution in [0.2, 0.25) is 0 Å². The first kappa shape index (κ1) is 15.3. The highest BCUT2D eigenvalue weighted by Gasteiger charge is 2.54. The number of aliphatic carboxylic acids is 1. The van der Waals surface area contributed by atoms with Crippen LogP contribution in [-0.4, -0.2) is 23.8 Å². The number of amides is 1. The van der Waals surface area contributed by atoms with E-state index >= 15 is 0 Å². The molecule has 1 aromatic carbocycles. The van der Waals surface area contributed by atoms with E-state index in [9.17, 15) is 14.7 Å². The Kier molecular flexibility index (Phi) is 3.62. The van der Waals surface area contributed by atoms with Gasteiger partial charge in [0.2, 0.25) is 12.7 Å². The Bertz CT molecular complexity index is 688. The Morgan fingerprint density at radius 3 is 2.62 bits per heavy atom. The summed E-state index contributed by atoms with van der Waals surface area (Å²) in [6, 6.07) is 5.38. The minimum Gasteiger partial charge on any atom is -0.481 e. The zero-order chi connectivity index (χ0) is 16.8. The third kappa shape index (κ3) is 2.41. The van der Waals surface area contributed by atoms with Gasteiger partial charge in [0.15, 0.2) is 11.5 Å². The smallest absolute Gasteiger partial charge is 0.307 e. The van der Waals surface area contributed by atoms with Gasteiger partial charge >= 0.3 is 5.97 Å². The molecule has 6 heteroatoms. The van der Waals surface area contributed by atoms with Gasteiger partial charge in [-0.25, -0.2) is 0 Å². The van der Waals surface area contributed by atoms with E-state index < -0.39 is 17.8 Å². The summed E-state index contributed by atoms with van der Waals surface area (Å²) >= 11 is 0. The SMILES string of the molecule is C[C@H](NC(=O)[C@@H]1[C@H]2CC[C@@H](C2)[C@@H]1C(=O)O)c1ccc2c(c1)OCO2. The van der Waals surface area contributed by atoms with Crippen molar-refractivity contribution in [2.75, 3.05) is 6.79 Å². The lowest BCUT2D eigenvalue weighted by molar-refractivity contribution is -0.149. The lowest BCUT2D eigenvalue weighted by atomic mass is 9.78. The van der Waals surface area contributed by atoms with Crippen molar-refractivity contribution in [1.82, 2.24) is 5.32 Å². The molecule has 2 saturated carbocycles. The highest BCUT2D eigenvalue weighted by atomic mass is 16.7. The molecule has 0 radical (unpaired) electrons. The van der Waals surface area contributed by atoms with Crippen LogP contribution in [0.3, 0.4) is 0 Å². The van der Waals surface area contributed by atoms with Crippen molar-refractivity contribution in [3.05, 3.63) is 23.8 Å². The quantitative estimate of drug-likeness (QED) is 0.884. The number of carbonyl (C=O) groups excluding carboxylic acids is 1. The van der Waals surface area contributed by atoms with Crippen LogP contribution in [0.4, 0.5) is 0 Å². The van der Waals surface area contributed by atoms with Crippen molar-refractivity contribution >= 4 is 11.9 Å². The number of benzene rings is 1. The highest BCUT2D eigenvalue weighted by Crippen LogP contribution is 2.52. The van der Waals surface area contributed by atoms with Crippen LogP contribution < -0.4 is 14.8 Å². The molecule has 1 heterocycles. The fraction of sp³-hybridized carbons (Fsp3) is 0.556. The van der Waals surface area contributed by atoms with Crippen molar-refractivity contribution in [2.45, 2.75) is 32.2 Å². The molecule has 4 rings (SSSR count). The number of hydrogen-bond donors (Lipinski definition) is 2. The first-order chi connectivity index (χ1) is 11.5. The molecule has 128 valence electrons. The second kappa shape index (κ2) is 5.69. The zero-order valence-electron chi connectivity index (χ0n) is 13.5. The first-order valence-corrected chi connectivity index (χ1v) is 8.47. The van der Waals surface area contributed by atoms with Crippen LogP contribution in [0.1, 0.15) is 37.8 Å². The Labute approximate surface area is 140 Å². The third-order valence-corrected chi connectivity index (χ3v) is 5.76. The minimum atomic E-state index is -0.835. The van der Waals surface area contributed by atoms with E-state index in [1.807, 2.05) is 25.1 Å². The molecular weight excluding hydrogens is 310 g/mol. The van der Waals surface area contributed by atoms with E-state index in [2.05, 4.69) is 5.32 Å². The van der Waals surface area contributed by atoms with E-state index in [1.54, 1.807) is 0 Å². The Morgan fingerprint density at radius 2 is 1.88 bits per heavy atom. The van der Waals surface area contributed by atoms with Crippen molar-refractivity contribution in [3.63, 3.8) is 0 Å². The summed E-state index contributed by atoms with van der Waals surface area (Å²) in [5, 5.41) is 12.5. The van der Waals surface area contributed by atoms with Gasteiger partial charge in [0.25, 0.3) is 0 Å². The maximum atomic E-state index is 12.7. The molecule has 6 nitrogen and oxygen atoms in total. The molecule has 0 unspecified atom stereocenters. The molecule has 2 aliphatic carbocycles. The Morgan fingerprint density at radius 1 is 1.17 bits per heavy atom. The number of fused-ring (bicyclic) bond motifs is 3. The lowest BCUT2D eigenvalue weighted by Crippen LogP contribution is -2.42. The molecule has 5 atom stereocenters. The summed E-state index contributed by atoms with van der Waals surface area (Å²) in [5.74, 6) is -0.166. The molecule has 1 aliphatic heterocycles. The second-order valence-electron chi connectivity index (χ2n) is 7.07. The van der Waals surface area contributed by atoms with Gasteiger partial charge in [-0.3, -0.25) is 9.59 Å². The van der Waals surface area contributed by atoms with Gasteiger partial charge in [-0.15, -0.1) is 0 Å². The van der Waals surface area contributed by atoms with Crippen LogP contribution in [0.25, 0.3) is 0 Å². The molecule has 1 amide bonds. The number of hydrogen-bond acceptors (Lipinski definition) is 4. The van der Waals surface area contributed by atoms with Crippen LogP contribution in [0.5, 0.6) is 11.5 Å². The summed E-state index contributed by atoms with van der Waals surface area (Å²) in [7, 11) is 0. The molecule has 0 aromatic heterocycles. The monoisotopic (exact) mass is 331 g/mol. The summed E-state index contributed by atoms with van der Waals surface area (Å²) in [4.78, 5) is 24.3. The molecule has 2 bridgehead atoms. The van der Waals surface area contributed by atoms with Gasteiger partial charge in [-0.05, 0) is 55.7 Å². The lowest BCUT2D eigenvalue weighted by Gasteiger charge is -2.28. The number of carboxylic acids is 1. The summed E-state index contributed by atoms with van der Waals surface area (Å²) in [5.41, 5.74) is 0.919. The maximum absolute atomic E-state index is 12.7. The Hall–Kier alpha value is -2.24. The van der Waals surface area contributed by atoms with E-state index in [0.29, 0.717) is 11.5 Å². The van der Waals surface area contributed by atoms with Crippen LogP contribution in [-0.2, 0) is 9.59 Å². The summed E-state index contributed by atoms with van der Waals surface area (Å²) in [6.45, 7) is 2.11. The largest absolute Gasteiger partial charge is 0.481 e. The predicted octanol–water partition coefficient (Wildman–Crippen LogP) is 2.34. The van der Waals surface area contributed by atoms with Gasteiger partial charge in [0.05, 0.1) is 17.9 Å². The van der Waals surface area contributed by atoms with E-state index in [-0.39, 0.29) is 30.6 Å². The molecule has 0 saturated heterocycles. The van der Waals surface area contributed by atoms with Crippen LogP contribution in [0, 0.1) is 23.7 Å². The van der Waals surface area contributed by atoms with Crippen LogP contribution >= 0.6 is 0 Å². The van der Waals surface area contributed by atoms with E-state index in [1.165, 1.54) is 0 Å². The molecule has 1 aromatic rings. The van der Waals surface area contributed by atoms with E-state index in [0.717, 1.165) is 24.8 Å². The minimum absolute atomic E-state index is 0.139. The van der Waals surface area contributed by atoms with Crippen molar-refractivity contribution in [3.8, 4) is 11.5 Å². The molecule has 3 aliphatic rings. The van der Waals surface area contributed by atoms with Crippen molar-refractivity contribution < 1.29 is 24.2 Å². The van der Waals surface area contributed by atoms with Gasteiger partial charge < -0.3 is 19.9 Å². The van der Waals surface area contributed by atoms with Gasteiger partial charge in [-0.1, -0.05) is 6.07 Å². The summed E-state index contributed by atoms with van der Waals surface area (Å²) in [6.07, 6.45) is 2.77. The van der Waals surface area contributed by atoms with E-state index in [4.69, 9.17) is 9.47 Å². The van der Waals surface area contributed by atoms with Gasteiger partial charge in [-0.2, -0.15) is 0 Å². The Balaban J connectivity index is 1.48. The number of ether oxygens (including phenoxy) is 2. The average Bonchev–Trinajstić information content (AvgIpc) is 3.28. The maximum Gasteiger partial charge on any atom is 0.307 e. The molecular formula is C18H21NO5. The number of carbonyl (C=O) groups is 2. The summed E-state index contributed by atoms with van der Waals surface area (Å²) < 4.78 is 10.7. The predicted molar refractivity (Wildman–Crippen MR) is 84.6 cm³/mol. The fourth-order valence-electron chi connectivity index (χ4n) is 4.60. The molecule has 0 spiro atoms. The van der Waals surface area contributed by atoms with Crippen molar-refractivity contribution in [2.24, 2.45) is 23.7 Å². The first-order valence-electron chi connectivity index (χ1n) is 8.47. The fourth-order valence-corrected chi connectivity index (χ4v) is 4.60. The topological polar surface area (TPSA) is 84.9 Å². The zero-order valence-corrected chi connectivity index (χ0v) is 13.5. The average molecular weight is 331 g/mol. The molecule has 24 heavy (non-hydrogen) atoms. The normalized spacial score (nSPS) is 31.0. The third-order valence-electron chi connectivity index (χ3n) is 5.76. The standard InChI is InChI=1S/C18H21NO5/c1-9(10-4-5-13-14(7-10)24-8-23-13)19-17(20)15-11-2-3-12(6-11)16(15)18(21)22/h4-5,7,9,11-12,15-16H,2-3,6,8H2,1H3,(H,19,20)(H,21,22)/t9-,11-,12-,15+,16-/m0/s1. The molecule has 2 N–H and O–H groups in total. The highest BCUT2D eigenvalue weighted by molar-refractivity contribution is 5.86. The van der Waals surface area contributed by atoms with Crippen LogP contribution in [0.15, 0.2) is 18.2 Å². The molecule has 2 fully saturated rings. The van der Waals surface area contributed by atoms with Crippen molar-refractivity contribution in [1.29, 1.82) is 0 Å². The van der Waals surface area contributed by atoms with Gasteiger partial charge in [0, 0.05) is 0 Å². The van der Waals surface area contributed by atoms with Gasteiger partial charge in [0.1, 0.15) is 0 Å². The number of nitrogens with one attached hydrogen (secondary N) is 1. The number of carboxylic acid groups (broad SMARTS) is 1. The number of rotatable bonds is 4. The second-order valence-corrected chi connectivity index (χ2v) is 7.07.